The first-order chi connectivity index (χ1) is 9.63. The minimum absolute atomic E-state index is 0.0539. The number of ether oxygens (including phenoxy) is 2. The maximum atomic E-state index is 12.7. The molecule has 1 saturated heterocycles. The van der Waals surface area contributed by atoms with Crippen LogP contribution in [0, 0.1) is 16.7 Å². The Balaban J connectivity index is 2.09. The molecule has 0 radical (unpaired) electrons. The minimum atomic E-state index is -1.03. The van der Waals surface area contributed by atoms with Gasteiger partial charge in [0.25, 0.3) is 0 Å². The third-order valence-electron chi connectivity index (χ3n) is 3.82. The first-order valence-corrected chi connectivity index (χ1v) is 7.08. The molecule has 20 heavy (non-hydrogen) atoms. The zero-order chi connectivity index (χ0) is 14.6. The highest BCUT2D eigenvalue weighted by Gasteiger charge is 2.47. The topological polar surface area (TPSA) is 79.6 Å². The van der Waals surface area contributed by atoms with E-state index in [1.54, 1.807) is 6.92 Å². The quantitative estimate of drug-likeness (QED) is 0.698. The van der Waals surface area contributed by atoms with Crippen molar-refractivity contribution in [3.63, 3.8) is 0 Å². The molecule has 0 aromatic heterocycles. The highest BCUT2D eigenvalue weighted by molar-refractivity contribution is 5.89. The summed E-state index contributed by atoms with van der Waals surface area (Å²) in [5.74, 6) is -0.647. The Hall–Kier alpha value is -1.61. The maximum Gasteiger partial charge on any atom is 0.325 e. The number of nitrogens with zero attached hydrogens (tertiary/aromatic N) is 2. The molecular formula is C14H20N2O4. The largest absolute Gasteiger partial charge is 0.465 e. The predicted molar refractivity (Wildman–Crippen MR) is 69.5 cm³/mol. The van der Waals surface area contributed by atoms with Crippen LogP contribution in [0.4, 0.5) is 0 Å². The zero-order valence-electron chi connectivity index (χ0n) is 11.8. The van der Waals surface area contributed by atoms with Gasteiger partial charge in [-0.2, -0.15) is 5.26 Å². The third-order valence-corrected chi connectivity index (χ3v) is 3.82. The number of hydrogen-bond donors (Lipinski definition) is 0. The van der Waals surface area contributed by atoms with Crippen LogP contribution in [-0.2, 0) is 19.1 Å². The normalized spacial score (nSPS) is 20.8. The fourth-order valence-corrected chi connectivity index (χ4v) is 2.47. The van der Waals surface area contributed by atoms with Crippen molar-refractivity contribution in [1.29, 1.82) is 5.26 Å². The molecule has 0 spiro atoms. The Morgan fingerprint density at radius 3 is 2.55 bits per heavy atom. The summed E-state index contributed by atoms with van der Waals surface area (Å²) in [7, 11) is 0. The summed E-state index contributed by atoms with van der Waals surface area (Å²) in [5, 5.41) is 9.43. The number of rotatable bonds is 5. The Bertz CT molecular complexity index is 419. The number of carbonyl (C=O) groups is 2. The second-order valence-corrected chi connectivity index (χ2v) is 5.28. The van der Waals surface area contributed by atoms with Crippen molar-refractivity contribution in [3.05, 3.63) is 0 Å². The molecule has 0 bridgehead atoms. The van der Waals surface area contributed by atoms with Crippen LogP contribution in [-0.4, -0.2) is 49.2 Å². The smallest absolute Gasteiger partial charge is 0.325 e. The summed E-state index contributed by atoms with van der Waals surface area (Å²) in [6.45, 7) is 2.80. The van der Waals surface area contributed by atoms with Crippen LogP contribution in [0.15, 0.2) is 0 Å². The molecule has 110 valence electrons. The van der Waals surface area contributed by atoms with E-state index in [0.29, 0.717) is 32.7 Å². The minimum Gasteiger partial charge on any atom is -0.465 e. The van der Waals surface area contributed by atoms with E-state index in [-0.39, 0.29) is 18.5 Å². The number of amides is 1. The van der Waals surface area contributed by atoms with E-state index in [4.69, 9.17) is 9.47 Å². The van der Waals surface area contributed by atoms with Crippen LogP contribution in [0.5, 0.6) is 0 Å². The molecule has 1 saturated carbocycles. The highest BCUT2D eigenvalue weighted by Crippen LogP contribution is 2.36. The van der Waals surface area contributed by atoms with Crippen molar-refractivity contribution in [2.75, 3.05) is 26.4 Å². The number of esters is 1. The summed E-state index contributed by atoms with van der Waals surface area (Å²) in [5.41, 5.74) is -1.03. The third kappa shape index (κ3) is 3.10. The Morgan fingerprint density at radius 2 is 2.05 bits per heavy atom. The Kier molecular flexibility index (Phi) is 4.61. The van der Waals surface area contributed by atoms with Crippen molar-refractivity contribution in [2.45, 2.75) is 38.6 Å². The van der Waals surface area contributed by atoms with Crippen molar-refractivity contribution in [2.24, 2.45) is 5.41 Å². The molecule has 1 aliphatic heterocycles. The molecular weight excluding hydrogens is 260 g/mol. The second-order valence-electron chi connectivity index (χ2n) is 5.28. The van der Waals surface area contributed by atoms with Gasteiger partial charge in [-0.3, -0.25) is 9.59 Å². The van der Waals surface area contributed by atoms with Gasteiger partial charge in [0, 0.05) is 19.3 Å². The lowest BCUT2D eigenvalue weighted by Crippen LogP contribution is -2.49. The molecule has 0 aromatic rings. The molecule has 6 nitrogen and oxygen atoms in total. The van der Waals surface area contributed by atoms with Gasteiger partial charge in [0.1, 0.15) is 12.0 Å². The van der Waals surface area contributed by atoms with Gasteiger partial charge in [0.05, 0.1) is 12.7 Å². The van der Waals surface area contributed by atoms with Gasteiger partial charge in [-0.15, -0.1) is 0 Å². The Labute approximate surface area is 118 Å². The van der Waals surface area contributed by atoms with Gasteiger partial charge in [0.2, 0.25) is 5.91 Å². The van der Waals surface area contributed by atoms with Crippen molar-refractivity contribution < 1.29 is 19.1 Å². The molecule has 2 rings (SSSR count). The monoisotopic (exact) mass is 280 g/mol. The lowest BCUT2D eigenvalue weighted by atomic mass is 9.80. The van der Waals surface area contributed by atoms with Gasteiger partial charge in [-0.05, 0) is 32.6 Å². The van der Waals surface area contributed by atoms with Gasteiger partial charge >= 0.3 is 5.97 Å². The molecule has 6 heteroatoms. The van der Waals surface area contributed by atoms with Gasteiger partial charge in [-0.25, -0.2) is 0 Å². The van der Waals surface area contributed by atoms with Crippen LogP contribution in [0.1, 0.15) is 32.6 Å². The van der Waals surface area contributed by atoms with Crippen molar-refractivity contribution in [3.8, 4) is 6.07 Å². The van der Waals surface area contributed by atoms with Crippen LogP contribution < -0.4 is 0 Å². The van der Waals surface area contributed by atoms with E-state index in [0.717, 1.165) is 12.8 Å². The van der Waals surface area contributed by atoms with E-state index in [2.05, 4.69) is 6.07 Å². The summed E-state index contributed by atoms with van der Waals surface area (Å²) in [4.78, 5) is 25.9. The fourth-order valence-electron chi connectivity index (χ4n) is 2.47. The lowest BCUT2D eigenvalue weighted by molar-refractivity contribution is -0.154. The molecule has 0 unspecified atom stereocenters. The summed E-state index contributed by atoms with van der Waals surface area (Å²) >= 11 is 0. The van der Waals surface area contributed by atoms with Crippen LogP contribution >= 0.6 is 0 Å². The van der Waals surface area contributed by atoms with E-state index < -0.39 is 11.4 Å². The first-order valence-electron chi connectivity index (χ1n) is 7.08. The fraction of sp³-hybridized carbons (Fsp3) is 0.786. The average molecular weight is 280 g/mol. The molecule has 0 atom stereocenters. The van der Waals surface area contributed by atoms with Gasteiger partial charge in [-0.1, -0.05) is 0 Å². The Morgan fingerprint density at radius 1 is 1.40 bits per heavy atom. The summed E-state index contributed by atoms with van der Waals surface area (Å²) in [6, 6.07) is 2.25. The molecule has 2 aliphatic rings. The number of carbonyl (C=O) groups excluding carboxylic acids is 2. The lowest BCUT2D eigenvalue weighted by Gasteiger charge is -2.34. The number of nitriles is 1. The van der Waals surface area contributed by atoms with Gasteiger partial charge in [0.15, 0.2) is 0 Å². The van der Waals surface area contributed by atoms with Crippen LogP contribution in [0.25, 0.3) is 0 Å². The average Bonchev–Trinajstić information content (AvgIpc) is 3.29. The van der Waals surface area contributed by atoms with Crippen LogP contribution in [0.2, 0.25) is 0 Å². The SMILES string of the molecule is CCOC(=O)CN(C(=O)C1(C#N)CCOCC1)C1CC1. The van der Waals surface area contributed by atoms with Crippen LogP contribution in [0.3, 0.4) is 0 Å². The molecule has 1 heterocycles. The van der Waals surface area contributed by atoms with E-state index in [1.165, 1.54) is 4.90 Å². The highest BCUT2D eigenvalue weighted by atomic mass is 16.5. The van der Waals surface area contributed by atoms with E-state index in [1.807, 2.05) is 0 Å². The zero-order valence-corrected chi connectivity index (χ0v) is 11.8. The molecule has 2 fully saturated rings. The first kappa shape index (κ1) is 14.8. The standard InChI is InChI=1S/C14H20N2O4/c1-2-20-12(17)9-16(11-3-4-11)13(18)14(10-15)5-7-19-8-6-14/h11H,2-9H2,1H3. The van der Waals surface area contributed by atoms with E-state index in [9.17, 15) is 14.9 Å². The van der Waals surface area contributed by atoms with Crippen molar-refractivity contribution >= 4 is 11.9 Å². The number of hydrogen-bond acceptors (Lipinski definition) is 5. The molecule has 1 amide bonds. The van der Waals surface area contributed by atoms with E-state index >= 15 is 0 Å². The maximum absolute atomic E-state index is 12.7. The molecule has 1 aliphatic carbocycles. The van der Waals surface area contributed by atoms with Crippen molar-refractivity contribution in [1.82, 2.24) is 4.90 Å². The summed E-state index contributed by atoms with van der Waals surface area (Å²) in [6.07, 6.45) is 2.58. The summed E-state index contributed by atoms with van der Waals surface area (Å²) < 4.78 is 10.2. The molecule has 0 aromatic carbocycles. The molecule has 0 N–H and O–H groups in total. The second kappa shape index (κ2) is 6.23. The predicted octanol–water partition coefficient (Wildman–Crippen LogP) is 0.861. The van der Waals surface area contributed by atoms with Gasteiger partial charge < -0.3 is 14.4 Å².